The van der Waals surface area contributed by atoms with Gasteiger partial charge in [-0.2, -0.15) is 9.40 Å². The van der Waals surface area contributed by atoms with Gasteiger partial charge in [0.1, 0.15) is 4.90 Å². The molecule has 1 aromatic heterocycles. The van der Waals surface area contributed by atoms with Gasteiger partial charge in [0.25, 0.3) is 0 Å². The number of aromatic nitrogens is 2. The molecule has 0 aromatic carbocycles. The van der Waals surface area contributed by atoms with Crippen LogP contribution in [0, 0.1) is 5.92 Å². The highest BCUT2D eigenvalue weighted by Gasteiger charge is 2.26. The van der Waals surface area contributed by atoms with E-state index in [4.69, 9.17) is 10.5 Å². The van der Waals surface area contributed by atoms with Crippen molar-refractivity contribution in [3.63, 3.8) is 0 Å². The van der Waals surface area contributed by atoms with Crippen LogP contribution in [-0.2, 0) is 21.3 Å². The van der Waals surface area contributed by atoms with E-state index in [0.29, 0.717) is 32.8 Å². The minimum absolute atomic E-state index is 0.197. The van der Waals surface area contributed by atoms with E-state index in [9.17, 15) is 8.42 Å². The summed E-state index contributed by atoms with van der Waals surface area (Å²) in [5.74, 6) is 0.237. The molecule has 0 aliphatic rings. The molecule has 0 unspecified atom stereocenters. The molecule has 1 rings (SSSR count). The van der Waals surface area contributed by atoms with Crippen LogP contribution in [-0.4, -0.2) is 55.9 Å². The van der Waals surface area contributed by atoms with Crippen molar-refractivity contribution in [2.24, 2.45) is 11.7 Å². The maximum atomic E-state index is 12.6. The van der Waals surface area contributed by atoms with E-state index in [-0.39, 0.29) is 10.8 Å². The number of nitrogens with two attached hydrogens (primary N) is 1. The van der Waals surface area contributed by atoms with Crippen LogP contribution < -0.4 is 5.73 Å². The molecular weight excluding hydrogens is 280 g/mol. The van der Waals surface area contributed by atoms with Crippen LogP contribution in [0.4, 0.5) is 0 Å². The Bertz CT molecular complexity index is 499. The summed E-state index contributed by atoms with van der Waals surface area (Å²) >= 11 is 0. The Morgan fingerprint density at radius 3 is 2.75 bits per heavy atom. The van der Waals surface area contributed by atoms with E-state index < -0.39 is 10.0 Å². The molecule has 7 nitrogen and oxygen atoms in total. The van der Waals surface area contributed by atoms with Crippen molar-refractivity contribution >= 4 is 10.0 Å². The van der Waals surface area contributed by atoms with Crippen LogP contribution in [0.15, 0.2) is 17.3 Å². The van der Waals surface area contributed by atoms with Crippen molar-refractivity contribution in [1.82, 2.24) is 14.1 Å². The number of methoxy groups -OCH3 is 1. The van der Waals surface area contributed by atoms with E-state index >= 15 is 0 Å². The van der Waals surface area contributed by atoms with Crippen LogP contribution in [0.2, 0.25) is 0 Å². The molecule has 0 saturated heterocycles. The molecule has 0 fully saturated rings. The third-order valence-corrected chi connectivity index (χ3v) is 4.54. The largest absolute Gasteiger partial charge is 0.383 e. The molecule has 116 valence electrons. The molecular formula is C12H24N4O3S. The molecule has 2 N–H and O–H groups in total. The number of rotatable bonds is 9. The SMILES string of the molecule is COCCN(CC(C)C)S(=O)(=O)c1cnn(CCN)c1. The average molecular weight is 304 g/mol. The Labute approximate surface area is 120 Å². The van der Waals surface area contributed by atoms with Crippen molar-refractivity contribution in [1.29, 1.82) is 0 Å². The third kappa shape index (κ3) is 4.55. The monoisotopic (exact) mass is 304 g/mol. The van der Waals surface area contributed by atoms with Gasteiger partial charge < -0.3 is 10.5 Å². The first-order valence-corrected chi connectivity index (χ1v) is 8.07. The minimum Gasteiger partial charge on any atom is -0.383 e. The standard InChI is InChI=1S/C12H24N4O3S/c1-11(2)9-16(6-7-19-3)20(17,18)12-8-14-15(10-12)5-4-13/h8,10-11H,4-7,9,13H2,1-3H3. The van der Waals surface area contributed by atoms with Gasteiger partial charge >= 0.3 is 0 Å². The van der Waals surface area contributed by atoms with Gasteiger partial charge in [-0.3, -0.25) is 4.68 Å². The Hall–Kier alpha value is -0.960. The van der Waals surface area contributed by atoms with Crippen molar-refractivity contribution in [3.8, 4) is 0 Å². The maximum absolute atomic E-state index is 12.6. The number of ether oxygens (including phenoxy) is 1. The van der Waals surface area contributed by atoms with Gasteiger partial charge in [-0.05, 0) is 5.92 Å². The fourth-order valence-electron chi connectivity index (χ4n) is 1.79. The highest BCUT2D eigenvalue weighted by Crippen LogP contribution is 2.16. The highest BCUT2D eigenvalue weighted by molar-refractivity contribution is 7.89. The Kier molecular flexibility index (Phi) is 6.60. The predicted molar refractivity (Wildman–Crippen MR) is 76.8 cm³/mol. The Balaban J connectivity index is 2.94. The summed E-state index contributed by atoms with van der Waals surface area (Å²) < 4.78 is 33.1. The minimum atomic E-state index is -3.54. The summed E-state index contributed by atoms with van der Waals surface area (Å²) in [7, 11) is -1.98. The van der Waals surface area contributed by atoms with Crippen molar-refractivity contribution < 1.29 is 13.2 Å². The van der Waals surface area contributed by atoms with Crippen LogP contribution in [0.25, 0.3) is 0 Å². The molecule has 0 amide bonds. The quantitative estimate of drug-likeness (QED) is 0.700. The summed E-state index contributed by atoms with van der Waals surface area (Å²) in [4.78, 5) is 0.197. The molecule has 0 radical (unpaired) electrons. The summed E-state index contributed by atoms with van der Waals surface area (Å²) in [5, 5.41) is 4.01. The first-order valence-electron chi connectivity index (χ1n) is 6.63. The Morgan fingerprint density at radius 2 is 2.20 bits per heavy atom. The summed E-state index contributed by atoms with van der Waals surface area (Å²) in [6.45, 7) is 6.02. The summed E-state index contributed by atoms with van der Waals surface area (Å²) in [5.41, 5.74) is 5.43. The number of nitrogens with zero attached hydrogens (tertiary/aromatic N) is 3. The first kappa shape index (κ1) is 17.1. The maximum Gasteiger partial charge on any atom is 0.246 e. The van der Waals surface area contributed by atoms with Crippen LogP contribution >= 0.6 is 0 Å². The third-order valence-electron chi connectivity index (χ3n) is 2.72. The van der Waals surface area contributed by atoms with E-state index in [1.54, 1.807) is 7.11 Å². The zero-order valence-corrected chi connectivity index (χ0v) is 13.1. The molecule has 8 heteroatoms. The molecule has 0 spiro atoms. The second kappa shape index (κ2) is 7.72. The second-order valence-electron chi connectivity index (χ2n) is 4.98. The van der Waals surface area contributed by atoms with E-state index in [1.807, 2.05) is 13.8 Å². The molecule has 0 bridgehead atoms. The number of sulfonamides is 1. The lowest BCUT2D eigenvalue weighted by Gasteiger charge is -2.22. The second-order valence-corrected chi connectivity index (χ2v) is 6.92. The van der Waals surface area contributed by atoms with Gasteiger partial charge in [-0.15, -0.1) is 0 Å². The molecule has 20 heavy (non-hydrogen) atoms. The fraction of sp³-hybridized carbons (Fsp3) is 0.750. The van der Waals surface area contributed by atoms with E-state index in [1.165, 1.54) is 21.4 Å². The number of hydrogen-bond donors (Lipinski definition) is 1. The van der Waals surface area contributed by atoms with Crippen molar-refractivity contribution in [3.05, 3.63) is 12.4 Å². The zero-order chi connectivity index (χ0) is 15.2. The van der Waals surface area contributed by atoms with Crippen LogP contribution in [0.5, 0.6) is 0 Å². The molecule has 0 saturated carbocycles. The number of hydrogen-bond acceptors (Lipinski definition) is 5. The van der Waals surface area contributed by atoms with Crippen LogP contribution in [0.3, 0.4) is 0 Å². The predicted octanol–water partition coefficient (Wildman–Crippen LogP) is 0.135. The van der Waals surface area contributed by atoms with Crippen LogP contribution in [0.1, 0.15) is 13.8 Å². The molecule has 0 atom stereocenters. The Morgan fingerprint density at radius 1 is 1.50 bits per heavy atom. The van der Waals surface area contributed by atoms with Gasteiger partial charge in [-0.1, -0.05) is 13.8 Å². The fourth-order valence-corrected chi connectivity index (χ4v) is 3.33. The first-order chi connectivity index (χ1) is 9.41. The molecule has 0 aliphatic carbocycles. The normalized spacial score (nSPS) is 12.5. The average Bonchev–Trinajstić information content (AvgIpc) is 2.83. The lowest BCUT2D eigenvalue weighted by Crippen LogP contribution is -2.36. The van der Waals surface area contributed by atoms with Crippen molar-refractivity contribution in [2.45, 2.75) is 25.3 Å². The smallest absolute Gasteiger partial charge is 0.246 e. The lowest BCUT2D eigenvalue weighted by atomic mass is 10.2. The molecule has 1 heterocycles. The van der Waals surface area contributed by atoms with Gasteiger partial charge in [0.05, 0.1) is 19.3 Å². The van der Waals surface area contributed by atoms with E-state index in [2.05, 4.69) is 5.10 Å². The molecule has 0 aliphatic heterocycles. The van der Waals surface area contributed by atoms with Gasteiger partial charge in [-0.25, -0.2) is 8.42 Å². The zero-order valence-electron chi connectivity index (χ0n) is 12.3. The van der Waals surface area contributed by atoms with Crippen molar-refractivity contribution in [2.75, 3.05) is 33.4 Å². The lowest BCUT2D eigenvalue weighted by molar-refractivity contribution is 0.175. The topological polar surface area (TPSA) is 90.5 Å². The molecule has 1 aromatic rings. The van der Waals surface area contributed by atoms with Gasteiger partial charge in [0.15, 0.2) is 0 Å². The van der Waals surface area contributed by atoms with Gasteiger partial charge in [0, 0.05) is 32.9 Å². The van der Waals surface area contributed by atoms with Gasteiger partial charge in [0.2, 0.25) is 10.0 Å². The highest BCUT2D eigenvalue weighted by atomic mass is 32.2. The van der Waals surface area contributed by atoms with E-state index in [0.717, 1.165) is 0 Å². The summed E-state index contributed by atoms with van der Waals surface area (Å²) in [6, 6.07) is 0. The summed E-state index contributed by atoms with van der Waals surface area (Å²) in [6.07, 6.45) is 2.88.